The van der Waals surface area contributed by atoms with Crippen molar-refractivity contribution in [2.75, 3.05) is 6.79 Å². The molecule has 0 atom stereocenters. The molecule has 0 saturated carbocycles. The minimum atomic E-state index is -0.0485. The van der Waals surface area contributed by atoms with Crippen molar-refractivity contribution >= 4 is 5.91 Å². The summed E-state index contributed by atoms with van der Waals surface area (Å²) >= 11 is 0. The van der Waals surface area contributed by atoms with Crippen molar-refractivity contribution in [3.8, 4) is 11.5 Å². The molecule has 22 heavy (non-hydrogen) atoms. The van der Waals surface area contributed by atoms with Gasteiger partial charge in [-0.05, 0) is 49.6 Å². The van der Waals surface area contributed by atoms with Crippen LogP contribution in [0.3, 0.4) is 0 Å². The molecule has 0 aliphatic carbocycles. The first-order chi connectivity index (χ1) is 10.5. The van der Waals surface area contributed by atoms with E-state index >= 15 is 0 Å². The first-order valence-electron chi connectivity index (χ1n) is 7.29. The van der Waals surface area contributed by atoms with Crippen LogP contribution in [-0.4, -0.2) is 12.7 Å². The lowest BCUT2D eigenvalue weighted by Crippen LogP contribution is -2.24. The minimum Gasteiger partial charge on any atom is -0.454 e. The Labute approximate surface area is 130 Å². The van der Waals surface area contributed by atoms with Gasteiger partial charge in [-0.15, -0.1) is 0 Å². The zero-order chi connectivity index (χ0) is 15.7. The van der Waals surface area contributed by atoms with E-state index in [1.807, 2.05) is 51.1 Å². The lowest BCUT2D eigenvalue weighted by molar-refractivity contribution is 0.0949. The van der Waals surface area contributed by atoms with E-state index in [1.54, 1.807) is 0 Å². The molecule has 3 rings (SSSR count). The summed E-state index contributed by atoms with van der Waals surface area (Å²) in [6.45, 7) is 6.69. The first-order valence-corrected chi connectivity index (χ1v) is 7.29. The second-order valence-electron chi connectivity index (χ2n) is 5.64. The van der Waals surface area contributed by atoms with Crippen LogP contribution in [0.2, 0.25) is 0 Å². The van der Waals surface area contributed by atoms with Crippen LogP contribution in [-0.2, 0) is 6.54 Å². The molecular weight excluding hydrogens is 278 g/mol. The highest BCUT2D eigenvalue weighted by atomic mass is 16.7. The van der Waals surface area contributed by atoms with Crippen LogP contribution in [0.1, 0.15) is 32.6 Å². The highest BCUT2D eigenvalue weighted by Crippen LogP contribution is 2.32. The standard InChI is InChI=1S/C18H19NO3/c1-11-6-12(2)17(13(3)7-11)18(20)19-9-14-4-5-15-16(8-14)22-10-21-15/h4-8H,9-10H2,1-3H3,(H,19,20). The predicted octanol–water partition coefficient (Wildman–Crippen LogP) is 3.27. The average Bonchev–Trinajstić information content (AvgIpc) is 2.91. The molecule has 0 saturated heterocycles. The number of rotatable bonds is 3. The summed E-state index contributed by atoms with van der Waals surface area (Å²) in [6, 6.07) is 9.76. The second-order valence-corrected chi connectivity index (χ2v) is 5.64. The van der Waals surface area contributed by atoms with Gasteiger partial charge in [-0.25, -0.2) is 0 Å². The number of aryl methyl sites for hydroxylation is 3. The molecule has 4 heteroatoms. The molecule has 1 N–H and O–H groups in total. The van der Waals surface area contributed by atoms with Crippen LogP contribution in [0.15, 0.2) is 30.3 Å². The summed E-state index contributed by atoms with van der Waals surface area (Å²) in [5.74, 6) is 1.43. The van der Waals surface area contributed by atoms with E-state index in [4.69, 9.17) is 9.47 Å². The molecule has 0 radical (unpaired) electrons. The molecule has 0 bridgehead atoms. The van der Waals surface area contributed by atoms with Gasteiger partial charge in [-0.2, -0.15) is 0 Å². The number of benzene rings is 2. The van der Waals surface area contributed by atoms with Crippen molar-refractivity contribution in [1.82, 2.24) is 5.32 Å². The molecule has 2 aromatic rings. The molecule has 0 spiro atoms. The summed E-state index contributed by atoms with van der Waals surface area (Å²) in [5.41, 5.74) is 4.91. The molecular formula is C18H19NO3. The Morgan fingerprint density at radius 2 is 1.73 bits per heavy atom. The van der Waals surface area contributed by atoms with Crippen LogP contribution in [0.4, 0.5) is 0 Å². The number of hydrogen-bond acceptors (Lipinski definition) is 3. The zero-order valence-corrected chi connectivity index (χ0v) is 13.0. The smallest absolute Gasteiger partial charge is 0.252 e. The molecule has 4 nitrogen and oxygen atoms in total. The van der Waals surface area contributed by atoms with E-state index in [2.05, 4.69) is 5.32 Å². The van der Waals surface area contributed by atoms with E-state index in [9.17, 15) is 4.79 Å². The molecule has 1 amide bonds. The van der Waals surface area contributed by atoms with Crippen LogP contribution in [0.5, 0.6) is 11.5 Å². The topological polar surface area (TPSA) is 47.6 Å². The maximum Gasteiger partial charge on any atom is 0.252 e. The van der Waals surface area contributed by atoms with Gasteiger partial charge >= 0.3 is 0 Å². The maximum atomic E-state index is 12.4. The third kappa shape index (κ3) is 2.77. The number of hydrogen-bond donors (Lipinski definition) is 1. The SMILES string of the molecule is Cc1cc(C)c(C(=O)NCc2ccc3c(c2)OCO3)c(C)c1. The summed E-state index contributed by atoms with van der Waals surface area (Å²) in [7, 11) is 0. The van der Waals surface area contributed by atoms with Crippen molar-refractivity contribution in [2.24, 2.45) is 0 Å². The Hall–Kier alpha value is -2.49. The average molecular weight is 297 g/mol. The fourth-order valence-corrected chi connectivity index (χ4v) is 2.86. The van der Waals surface area contributed by atoms with E-state index in [0.717, 1.165) is 33.8 Å². The molecule has 1 aliphatic heterocycles. The van der Waals surface area contributed by atoms with Gasteiger partial charge in [0.05, 0.1) is 0 Å². The first kappa shape index (κ1) is 14.4. The quantitative estimate of drug-likeness (QED) is 0.946. The third-order valence-electron chi connectivity index (χ3n) is 3.79. The fourth-order valence-electron chi connectivity index (χ4n) is 2.86. The number of nitrogens with one attached hydrogen (secondary N) is 1. The number of amides is 1. The van der Waals surface area contributed by atoms with Crippen molar-refractivity contribution in [2.45, 2.75) is 27.3 Å². The Balaban J connectivity index is 1.73. The largest absolute Gasteiger partial charge is 0.454 e. The monoisotopic (exact) mass is 297 g/mol. The Morgan fingerprint density at radius 1 is 1.05 bits per heavy atom. The van der Waals surface area contributed by atoms with Gasteiger partial charge in [0.15, 0.2) is 11.5 Å². The van der Waals surface area contributed by atoms with Crippen molar-refractivity contribution in [3.05, 3.63) is 58.1 Å². The molecule has 0 unspecified atom stereocenters. The van der Waals surface area contributed by atoms with Crippen LogP contribution in [0, 0.1) is 20.8 Å². The molecule has 114 valence electrons. The lowest BCUT2D eigenvalue weighted by atomic mass is 9.99. The van der Waals surface area contributed by atoms with Gasteiger partial charge < -0.3 is 14.8 Å². The van der Waals surface area contributed by atoms with Crippen molar-refractivity contribution in [1.29, 1.82) is 0 Å². The van der Waals surface area contributed by atoms with E-state index < -0.39 is 0 Å². The van der Waals surface area contributed by atoms with Crippen molar-refractivity contribution in [3.63, 3.8) is 0 Å². The Morgan fingerprint density at radius 3 is 2.45 bits per heavy atom. The number of fused-ring (bicyclic) bond motifs is 1. The minimum absolute atomic E-state index is 0.0485. The highest BCUT2D eigenvalue weighted by Gasteiger charge is 2.15. The maximum absolute atomic E-state index is 12.4. The lowest BCUT2D eigenvalue weighted by Gasteiger charge is -2.12. The summed E-state index contributed by atoms with van der Waals surface area (Å²) in [5, 5.41) is 2.97. The summed E-state index contributed by atoms with van der Waals surface area (Å²) in [6.07, 6.45) is 0. The van der Waals surface area contributed by atoms with E-state index in [-0.39, 0.29) is 12.7 Å². The zero-order valence-electron chi connectivity index (χ0n) is 13.0. The summed E-state index contributed by atoms with van der Waals surface area (Å²) in [4.78, 5) is 12.4. The molecule has 0 aromatic heterocycles. The van der Waals surface area contributed by atoms with Crippen molar-refractivity contribution < 1.29 is 14.3 Å². The van der Waals surface area contributed by atoms with Gasteiger partial charge in [0.1, 0.15) is 0 Å². The van der Waals surface area contributed by atoms with Gasteiger partial charge in [-0.1, -0.05) is 23.8 Å². The molecule has 2 aromatic carbocycles. The highest BCUT2D eigenvalue weighted by molar-refractivity contribution is 5.97. The molecule has 1 aliphatic rings. The Bertz CT molecular complexity index is 714. The summed E-state index contributed by atoms with van der Waals surface area (Å²) < 4.78 is 10.6. The number of carbonyl (C=O) groups excluding carboxylic acids is 1. The van der Waals surface area contributed by atoms with Gasteiger partial charge in [0, 0.05) is 12.1 Å². The van der Waals surface area contributed by atoms with Crippen LogP contribution < -0.4 is 14.8 Å². The van der Waals surface area contributed by atoms with E-state index in [1.165, 1.54) is 5.56 Å². The third-order valence-corrected chi connectivity index (χ3v) is 3.79. The number of ether oxygens (including phenoxy) is 2. The predicted molar refractivity (Wildman–Crippen MR) is 84.4 cm³/mol. The molecule has 1 heterocycles. The van der Waals surface area contributed by atoms with Gasteiger partial charge in [-0.3, -0.25) is 4.79 Å². The second kappa shape index (κ2) is 5.72. The van der Waals surface area contributed by atoms with Gasteiger partial charge in [0.2, 0.25) is 6.79 Å². The number of carbonyl (C=O) groups is 1. The van der Waals surface area contributed by atoms with Crippen LogP contribution >= 0.6 is 0 Å². The Kier molecular flexibility index (Phi) is 3.75. The normalized spacial score (nSPS) is 12.3. The van der Waals surface area contributed by atoms with Crippen LogP contribution in [0.25, 0.3) is 0 Å². The van der Waals surface area contributed by atoms with E-state index in [0.29, 0.717) is 6.54 Å². The van der Waals surface area contributed by atoms with Gasteiger partial charge in [0.25, 0.3) is 5.91 Å². The molecule has 0 fully saturated rings. The fraction of sp³-hybridized carbons (Fsp3) is 0.278.